The summed E-state index contributed by atoms with van der Waals surface area (Å²) < 4.78 is 67.1. The molecule has 0 saturated heterocycles. The van der Waals surface area contributed by atoms with Gasteiger partial charge in [-0.3, -0.25) is 4.79 Å². The monoisotopic (exact) mass is 392 g/mol. The van der Waals surface area contributed by atoms with Crippen molar-refractivity contribution in [2.75, 3.05) is 10.6 Å². The largest absolute Gasteiger partial charge is 0.418 e. The molecule has 28 heavy (non-hydrogen) atoms. The summed E-state index contributed by atoms with van der Waals surface area (Å²) in [6, 6.07) is 13.3. The molecule has 0 aliphatic carbocycles. The first-order valence-corrected chi connectivity index (χ1v) is 8.04. The molecule has 8 heteroatoms. The third-order valence-electron chi connectivity index (χ3n) is 3.85. The number of rotatable bonds is 4. The summed E-state index contributed by atoms with van der Waals surface area (Å²) in [6.07, 6.45) is -4.60. The molecule has 0 spiro atoms. The number of para-hydroxylation sites is 1. The van der Waals surface area contributed by atoms with Crippen LogP contribution in [0.3, 0.4) is 0 Å². The number of amides is 1. The van der Waals surface area contributed by atoms with Crippen LogP contribution < -0.4 is 10.6 Å². The van der Waals surface area contributed by atoms with Gasteiger partial charge >= 0.3 is 6.18 Å². The molecule has 0 aromatic heterocycles. The zero-order chi connectivity index (χ0) is 20.3. The van der Waals surface area contributed by atoms with Crippen molar-refractivity contribution >= 4 is 23.0 Å². The summed E-state index contributed by atoms with van der Waals surface area (Å²) in [5, 5.41) is 4.74. The third-order valence-corrected chi connectivity index (χ3v) is 3.85. The van der Waals surface area contributed by atoms with Gasteiger partial charge in [-0.2, -0.15) is 13.2 Å². The summed E-state index contributed by atoms with van der Waals surface area (Å²) in [7, 11) is 0. The lowest BCUT2D eigenvalue weighted by molar-refractivity contribution is -0.136. The van der Waals surface area contributed by atoms with Gasteiger partial charge in [-0.15, -0.1) is 0 Å². The molecule has 144 valence electrons. The molecule has 0 saturated carbocycles. The van der Waals surface area contributed by atoms with Gasteiger partial charge in [-0.05, 0) is 42.5 Å². The van der Waals surface area contributed by atoms with Crippen molar-refractivity contribution in [1.82, 2.24) is 0 Å². The van der Waals surface area contributed by atoms with Crippen molar-refractivity contribution in [3.8, 4) is 0 Å². The average Bonchev–Trinajstić information content (AvgIpc) is 2.64. The van der Waals surface area contributed by atoms with E-state index < -0.39 is 29.3 Å². The van der Waals surface area contributed by atoms with Gasteiger partial charge in [-0.25, -0.2) is 8.78 Å². The number of hydrogen-bond acceptors (Lipinski definition) is 2. The highest BCUT2D eigenvalue weighted by molar-refractivity contribution is 6.04. The SMILES string of the molecule is O=C(Nc1ccc(Nc2ccccc2C(F)(F)F)c(F)c1)c1ccccc1F. The molecule has 0 aliphatic rings. The number of carbonyl (C=O) groups excluding carboxylic acids is 1. The predicted molar refractivity (Wildman–Crippen MR) is 95.5 cm³/mol. The number of carbonyl (C=O) groups is 1. The van der Waals surface area contributed by atoms with Crippen molar-refractivity contribution in [3.63, 3.8) is 0 Å². The van der Waals surface area contributed by atoms with Crippen LogP contribution in [-0.4, -0.2) is 5.91 Å². The fraction of sp³-hybridized carbons (Fsp3) is 0.0500. The Morgan fingerprint density at radius 3 is 2.14 bits per heavy atom. The Morgan fingerprint density at radius 1 is 0.786 bits per heavy atom. The van der Waals surface area contributed by atoms with Gasteiger partial charge in [0.1, 0.15) is 11.6 Å². The van der Waals surface area contributed by atoms with E-state index >= 15 is 0 Å². The molecule has 2 N–H and O–H groups in total. The van der Waals surface area contributed by atoms with Crippen LogP contribution >= 0.6 is 0 Å². The Balaban J connectivity index is 1.81. The molecule has 3 aromatic rings. The molecular weight excluding hydrogens is 379 g/mol. The van der Waals surface area contributed by atoms with Crippen molar-refractivity contribution in [1.29, 1.82) is 0 Å². The third kappa shape index (κ3) is 4.28. The fourth-order valence-corrected chi connectivity index (χ4v) is 2.52. The van der Waals surface area contributed by atoms with Crippen LogP contribution in [0.1, 0.15) is 15.9 Å². The van der Waals surface area contributed by atoms with Crippen LogP contribution in [0.15, 0.2) is 66.7 Å². The van der Waals surface area contributed by atoms with Crippen LogP contribution in [0.2, 0.25) is 0 Å². The van der Waals surface area contributed by atoms with Crippen LogP contribution in [0.5, 0.6) is 0 Å². The first-order valence-electron chi connectivity index (χ1n) is 8.04. The van der Waals surface area contributed by atoms with Crippen LogP contribution in [-0.2, 0) is 6.18 Å². The van der Waals surface area contributed by atoms with E-state index in [1.807, 2.05) is 0 Å². The van der Waals surface area contributed by atoms with Gasteiger partial charge in [0.15, 0.2) is 0 Å². The molecular formula is C20H13F5N2O. The Labute approximate surface area is 156 Å². The summed E-state index contributed by atoms with van der Waals surface area (Å²) in [5.74, 6) is -2.40. The Bertz CT molecular complexity index is 1020. The fourth-order valence-electron chi connectivity index (χ4n) is 2.52. The predicted octanol–water partition coefficient (Wildman–Crippen LogP) is 5.98. The minimum atomic E-state index is -4.60. The minimum Gasteiger partial charge on any atom is -0.353 e. The second-order valence-corrected chi connectivity index (χ2v) is 5.80. The zero-order valence-electron chi connectivity index (χ0n) is 14.1. The number of anilines is 3. The van der Waals surface area contributed by atoms with Crippen molar-refractivity contribution < 1.29 is 26.7 Å². The summed E-state index contributed by atoms with van der Waals surface area (Å²) >= 11 is 0. The molecule has 3 nitrogen and oxygen atoms in total. The minimum absolute atomic E-state index is 0.0282. The van der Waals surface area contributed by atoms with E-state index in [1.165, 1.54) is 48.5 Å². The lowest BCUT2D eigenvalue weighted by Crippen LogP contribution is -2.14. The molecule has 0 radical (unpaired) electrons. The molecule has 3 aromatic carbocycles. The maximum absolute atomic E-state index is 14.3. The lowest BCUT2D eigenvalue weighted by atomic mass is 10.1. The normalized spacial score (nSPS) is 11.2. The van der Waals surface area contributed by atoms with E-state index in [0.29, 0.717) is 0 Å². The summed E-state index contributed by atoms with van der Waals surface area (Å²) in [4.78, 5) is 12.1. The smallest absolute Gasteiger partial charge is 0.353 e. The van der Waals surface area contributed by atoms with Crippen LogP contribution in [0, 0.1) is 11.6 Å². The Hall–Kier alpha value is -3.42. The van der Waals surface area contributed by atoms with Crippen molar-refractivity contribution in [2.24, 2.45) is 0 Å². The van der Waals surface area contributed by atoms with Gasteiger partial charge in [0.2, 0.25) is 0 Å². The number of benzene rings is 3. The molecule has 1 amide bonds. The van der Waals surface area contributed by atoms with Crippen LogP contribution in [0.4, 0.5) is 39.0 Å². The molecule has 0 heterocycles. The Morgan fingerprint density at radius 2 is 1.46 bits per heavy atom. The highest BCUT2D eigenvalue weighted by Gasteiger charge is 2.33. The number of halogens is 5. The van der Waals surface area contributed by atoms with Crippen LogP contribution in [0.25, 0.3) is 0 Å². The first kappa shape index (κ1) is 19.3. The summed E-state index contributed by atoms with van der Waals surface area (Å²) in [5.41, 5.74) is -1.64. The van der Waals surface area contributed by atoms with E-state index in [1.54, 1.807) is 0 Å². The molecule has 3 rings (SSSR count). The molecule has 0 bridgehead atoms. The summed E-state index contributed by atoms with van der Waals surface area (Å²) in [6.45, 7) is 0. The van der Waals surface area contributed by atoms with E-state index in [2.05, 4.69) is 10.6 Å². The van der Waals surface area contributed by atoms with Gasteiger partial charge in [-0.1, -0.05) is 24.3 Å². The highest BCUT2D eigenvalue weighted by Crippen LogP contribution is 2.36. The second kappa shape index (κ2) is 7.67. The van der Waals surface area contributed by atoms with E-state index in [4.69, 9.17) is 0 Å². The second-order valence-electron chi connectivity index (χ2n) is 5.80. The standard InChI is InChI=1S/C20H13F5N2O/c21-15-7-3-1-5-13(15)19(28)26-12-9-10-18(16(22)11-12)27-17-8-4-2-6-14(17)20(23,24)25/h1-11,27H,(H,26,28). The van der Waals surface area contributed by atoms with E-state index in [-0.39, 0.29) is 22.6 Å². The van der Waals surface area contributed by atoms with Gasteiger partial charge < -0.3 is 10.6 Å². The topological polar surface area (TPSA) is 41.1 Å². The average molecular weight is 392 g/mol. The van der Waals surface area contributed by atoms with Crippen molar-refractivity contribution in [3.05, 3.63) is 89.5 Å². The molecule has 0 fully saturated rings. The zero-order valence-corrected chi connectivity index (χ0v) is 14.1. The lowest BCUT2D eigenvalue weighted by Gasteiger charge is -2.15. The molecule has 0 unspecified atom stereocenters. The quantitative estimate of drug-likeness (QED) is 0.537. The highest BCUT2D eigenvalue weighted by atomic mass is 19.4. The molecule has 0 atom stereocenters. The number of alkyl halides is 3. The van der Waals surface area contributed by atoms with Gasteiger partial charge in [0, 0.05) is 5.69 Å². The Kier molecular flexibility index (Phi) is 5.30. The maximum atomic E-state index is 14.3. The van der Waals surface area contributed by atoms with Gasteiger partial charge in [0.25, 0.3) is 5.91 Å². The van der Waals surface area contributed by atoms with E-state index in [9.17, 15) is 26.7 Å². The first-order chi connectivity index (χ1) is 13.3. The number of hydrogen-bond donors (Lipinski definition) is 2. The maximum Gasteiger partial charge on any atom is 0.418 e. The van der Waals surface area contributed by atoms with Crippen molar-refractivity contribution in [2.45, 2.75) is 6.18 Å². The molecule has 0 aliphatic heterocycles. The van der Waals surface area contributed by atoms with Gasteiger partial charge in [0.05, 0.1) is 22.5 Å². The number of nitrogens with one attached hydrogen (secondary N) is 2. The van der Waals surface area contributed by atoms with E-state index in [0.717, 1.165) is 18.2 Å².